The molecule has 0 atom stereocenters. The molecule has 0 fully saturated rings. The van der Waals surface area contributed by atoms with Crippen molar-refractivity contribution >= 4 is 39.7 Å². The van der Waals surface area contributed by atoms with Crippen molar-refractivity contribution in [1.82, 2.24) is 4.98 Å². The summed E-state index contributed by atoms with van der Waals surface area (Å²) in [5.74, 6) is 0. The molecule has 1 N–H and O–H groups in total. The first-order chi connectivity index (χ1) is 8.69. The predicted octanol–water partition coefficient (Wildman–Crippen LogP) is 4.18. The average Bonchev–Trinajstić information content (AvgIpc) is 2.77. The lowest BCUT2D eigenvalue weighted by molar-refractivity contribution is 0.211. The molecule has 96 valence electrons. The molecule has 1 heterocycles. The highest BCUT2D eigenvalue weighted by atomic mass is 35.5. The monoisotopic (exact) mass is 302 g/mol. The van der Waals surface area contributed by atoms with Gasteiger partial charge in [-0.15, -0.1) is 0 Å². The lowest BCUT2D eigenvalue weighted by atomic mass is 10.2. The highest BCUT2D eigenvalue weighted by Gasteiger charge is 2.06. The van der Waals surface area contributed by atoms with Crippen molar-refractivity contribution in [3.8, 4) is 10.4 Å². The molecule has 0 saturated carbocycles. The third-order valence-corrected chi connectivity index (χ3v) is 3.68. The van der Waals surface area contributed by atoms with Crippen LogP contribution >= 0.6 is 34.5 Å². The molecule has 0 unspecified atom stereocenters. The minimum absolute atomic E-state index is 0.625. The SMILES string of the molecule is COCCNc1ncc(-c2cc(Cl)cc(Cl)c2)s1. The molecule has 1 aromatic heterocycles. The number of ether oxygens (including phenoxy) is 1. The van der Waals surface area contributed by atoms with Crippen LogP contribution in [0.2, 0.25) is 10.0 Å². The predicted molar refractivity (Wildman–Crippen MR) is 77.9 cm³/mol. The van der Waals surface area contributed by atoms with E-state index in [4.69, 9.17) is 27.9 Å². The van der Waals surface area contributed by atoms with Gasteiger partial charge in [0.05, 0.1) is 11.5 Å². The van der Waals surface area contributed by atoms with E-state index in [1.54, 1.807) is 24.5 Å². The van der Waals surface area contributed by atoms with E-state index in [1.165, 1.54) is 0 Å². The van der Waals surface area contributed by atoms with Crippen LogP contribution < -0.4 is 5.32 Å². The summed E-state index contributed by atoms with van der Waals surface area (Å²) in [6, 6.07) is 5.46. The third-order valence-electron chi connectivity index (χ3n) is 2.24. The van der Waals surface area contributed by atoms with Crippen LogP contribution in [0.5, 0.6) is 0 Å². The van der Waals surface area contributed by atoms with Crippen molar-refractivity contribution in [2.24, 2.45) is 0 Å². The van der Waals surface area contributed by atoms with Gasteiger partial charge in [0, 0.05) is 29.9 Å². The average molecular weight is 303 g/mol. The first-order valence-electron chi connectivity index (χ1n) is 5.34. The van der Waals surface area contributed by atoms with E-state index in [2.05, 4.69) is 10.3 Å². The minimum Gasteiger partial charge on any atom is -0.383 e. The molecule has 0 spiro atoms. The summed E-state index contributed by atoms with van der Waals surface area (Å²) in [5, 5.41) is 5.29. The molecule has 0 saturated heterocycles. The second kappa shape index (κ2) is 6.38. The van der Waals surface area contributed by atoms with Crippen LogP contribution in [0.25, 0.3) is 10.4 Å². The molecular weight excluding hydrogens is 291 g/mol. The second-order valence-corrected chi connectivity index (χ2v) is 5.51. The summed E-state index contributed by atoms with van der Waals surface area (Å²) in [4.78, 5) is 5.32. The van der Waals surface area contributed by atoms with Crippen LogP contribution in [-0.2, 0) is 4.74 Å². The Hall–Kier alpha value is -0.810. The topological polar surface area (TPSA) is 34.1 Å². The maximum Gasteiger partial charge on any atom is 0.183 e. The number of methoxy groups -OCH3 is 1. The van der Waals surface area contributed by atoms with Gasteiger partial charge in [0.2, 0.25) is 0 Å². The van der Waals surface area contributed by atoms with Crippen molar-refractivity contribution in [3.63, 3.8) is 0 Å². The number of thiazole rings is 1. The van der Waals surface area contributed by atoms with Crippen molar-refractivity contribution < 1.29 is 4.74 Å². The Labute approximate surface area is 120 Å². The molecule has 6 heteroatoms. The Morgan fingerprint density at radius 2 is 2.00 bits per heavy atom. The number of hydrogen-bond donors (Lipinski definition) is 1. The molecule has 0 bridgehead atoms. The molecule has 0 aliphatic rings. The zero-order valence-electron chi connectivity index (χ0n) is 9.74. The number of nitrogens with one attached hydrogen (secondary N) is 1. The summed E-state index contributed by atoms with van der Waals surface area (Å²) < 4.78 is 4.97. The van der Waals surface area contributed by atoms with E-state index in [0.29, 0.717) is 16.7 Å². The second-order valence-electron chi connectivity index (χ2n) is 3.61. The number of aromatic nitrogens is 1. The molecule has 0 amide bonds. The Balaban J connectivity index is 2.13. The Bertz CT molecular complexity index is 510. The van der Waals surface area contributed by atoms with E-state index in [1.807, 2.05) is 18.3 Å². The summed E-state index contributed by atoms with van der Waals surface area (Å²) in [5.41, 5.74) is 0.977. The van der Waals surface area contributed by atoms with Crippen molar-refractivity contribution in [1.29, 1.82) is 0 Å². The fourth-order valence-electron chi connectivity index (χ4n) is 1.45. The standard InChI is InChI=1S/C12H12Cl2N2OS/c1-17-3-2-15-12-16-7-11(18-12)8-4-9(13)6-10(14)5-8/h4-7H,2-3H2,1H3,(H,15,16). The summed E-state index contributed by atoms with van der Waals surface area (Å²) >= 11 is 13.5. The van der Waals surface area contributed by atoms with Gasteiger partial charge in [0.1, 0.15) is 0 Å². The summed E-state index contributed by atoms with van der Waals surface area (Å²) in [6.45, 7) is 1.39. The molecule has 18 heavy (non-hydrogen) atoms. The molecule has 3 nitrogen and oxygen atoms in total. The maximum absolute atomic E-state index is 5.98. The van der Waals surface area contributed by atoms with Gasteiger partial charge >= 0.3 is 0 Å². The van der Waals surface area contributed by atoms with Crippen LogP contribution in [0.4, 0.5) is 5.13 Å². The zero-order chi connectivity index (χ0) is 13.0. The molecule has 2 aromatic rings. The summed E-state index contributed by atoms with van der Waals surface area (Å²) in [6.07, 6.45) is 1.81. The van der Waals surface area contributed by atoms with Gasteiger partial charge in [0.15, 0.2) is 5.13 Å². The largest absolute Gasteiger partial charge is 0.383 e. The van der Waals surface area contributed by atoms with Gasteiger partial charge in [-0.2, -0.15) is 0 Å². The minimum atomic E-state index is 0.625. The smallest absolute Gasteiger partial charge is 0.183 e. The van der Waals surface area contributed by atoms with Crippen LogP contribution in [-0.4, -0.2) is 25.2 Å². The number of rotatable bonds is 5. The van der Waals surface area contributed by atoms with Crippen LogP contribution in [0, 0.1) is 0 Å². The maximum atomic E-state index is 5.98. The molecule has 0 aliphatic carbocycles. The molecular formula is C12H12Cl2N2OS. The quantitative estimate of drug-likeness (QED) is 0.842. The Morgan fingerprint density at radius 1 is 1.28 bits per heavy atom. The lowest BCUT2D eigenvalue weighted by Gasteiger charge is -2.00. The van der Waals surface area contributed by atoms with Crippen molar-refractivity contribution in [2.45, 2.75) is 0 Å². The highest BCUT2D eigenvalue weighted by Crippen LogP contribution is 2.32. The van der Waals surface area contributed by atoms with Crippen molar-refractivity contribution in [2.75, 3.05) is 25.6 Å². The van der Waals surface area contributed by atoms with E-state index in [9.17, 15) is 0 Å². The van der Waals surface area contributed by atoms with Crippen molar-refractivity contribution in [3.05, 3.63) is 34.4 Å². The fraction of sp³-hybridized carbons (Fsp3) is 0.250. The van der Waals surface area contributed by atoms with Gasteiger partial charge in [-0.25, -0.2) is 4.98 Å². The normalized spacial score (nSPS) is 10.6. The number of hydrogen-bond acceptors (Lipinski definition) is 4. The number of benzene rings is 1. The first kappa shape index (κ1) is 13.6. The molecule has 2 rings (SSSR count). The third kappa shape index (κ3) is 3.59. The highest BCUT2D eigenvalue weighted by molar-refractivity contribution is 7.18. The summed E-state index contributed by atoms with van der Waals surface area (Å²) in [7, 11) is 1.67. The fourth-order valence-corrected chi connectivity index (χ4v) is 2.80. The van der Waals surface area contributed by atoms with E-state index in [0.717, 1.165) is 22.1 Å². The number of halogens is 2. The zero-order valence-corrected chi connectivity index (χ0v) is 12.1. The number of nitrogens with zero attached hydrogens (tertiary/aromatic N) is 1. The number of anilines is 1. The van der Waals surface area contributed by atoms with E-state index < -0.39 is 0 Å². The Kier molecular flexibility index (Phi) is 4.83. The molecule has 0 aliphatic heterocycles. The van der Waals surface area contributed by atoms with Crippen LogP contribution in [0.3, 0.4) is 0 Å². The first-order valence-corrected chi connectivity index (χ1v) is 6.91. The van der Waals surface area contributed by atoms with Gasteiger partial charge in [-0.1, -0.05) is 34.5 Å². The molecule has 1 aromatic carbocycles. The van der Waals surface area contributed by atoms with E-state index >= 15 is 0 Å². The molecule has 0 radical (unpaired) electrons. The van der Waals surface area contributed by atoms with Crippen LogP contribution in [0.1, 0.15) is 0 Å². The lowest BCUT2D eigenvalue weighted by Crippen LogP contribution is -2.06. The Morgan fingerprint density at radius 3 is 2.67 bits per heavy atom. The van der Waals surface area contributed by atoms with E-state index in [-0.39, 0.29) is 0 Å². The van der Waals surface area contributed by atoms with Crippen LogP contribution in [0.15, 0.2) is 24.4 Å². The van der Waals surface area contributed by atoms with Gasteiger partial charge in [0.25, 0.3) is 0 Å². The van der Waals surface area contributed by atoms with Gasteiger partial charge in [-0.3, -0.25) is 0 Å². The van der Waals surface area contributed by atoms with Gasteiger partial charge < -0.3 is 10.1 Å². The van der Waals surface area contributed by atoms with Gasteiger partial charge in [-0.05, 0) is 23.8 Å².